The Kier molecular flexibility index (Phi) is 9.96. The molecule has 0 saturated carbocycles. The SMILES string of the molecule is CCNC(=NCc1cccc(COCCOCC)c1)N(C)Cc1csc(C)n1. The van der Waals surface area contributed by atoms with Crippen molar-refractivity contribution in [1.82, 2.24) is 15.2 Å². The Labute approximate surface area is 172 Å². The van der Waals surface area contributed by atoms with Gasteiger partial charge in [-0.1, -0.05) is 24.3 Å². The Balaban J connectivity index is 1.93. The van der Waals surface area contributed by atoms with Crippen molar-refractivity contribution < 1.29 is 9.47 Å². The highest BCUT2D eigenvalue weighted by Crippen LogP contribution is 2.11. The predicted molar refractivity (Wildman–Crippen MR) is 116 cm³/mol. The number of hydrogen-bond donors (Lipinski definition) is 1. The smallest absolute Gasteiger partial charge is 0.194 e. The van der Waals surface area contributed by atoms with Gasteiger partial charge in [-0.15, -0.1) is 11.3 Å². The molecule has 0 bridgehead atoms. The third kappa shape index (κ3) is 7.96. The molecule has 6 nitrogen and oxygen atoms in total. The fraction of sp³-hybridized carbons (Fsp3) is 0.524. The van der Waals surface area contributed by atoms with E-state index in [-0.39, 0.29) is 0 Å². The molecule has 154 valence electrons. The lowest BCUT2D eigenvalue weighted by atomic mass is 10.1. The normalized spacial score (nSPS) is 11.6. The molecule has 0 atom stereocenters. The van der Waals surface area contributed by atoms with E-state index in [2.05, 4.69) is 51.8 Å². The van der Waals surface area contributed by atoms with Gasteiger partial charge >= 0.3 is 0 Å². The molecule has 7 heteroatoms. The van der Waals surface area contributed by atoms with E-state index in [4.69, 9.17) is 14.5 Å². The van der Waals surface area contributed by atoms with Crippen LogP contribution in [-0.4, -0.2) is 49.3 Å². The number of benzene rings is 1. The van der Waals surface area contributed by atoms with Gasteiger partial charge in [0.25, 0.3) is 0 Å². The number of nitrogens with zero attached hydrogens (tertiary/aromatic N) is 3. The van der Waals surface area contributed by atoms with Gasteiger partial charge in [-0.2, -0.15) is 0 Å². The highest BCUT2D eigenvalue weighted by molar-refractivity contribution is 7.09. The zero-order valence-corrected chi connectivity index (χ0v) is 18.2. The minimum absolute atomic E-state index is 0.591. The summed E-state index contributed by atoms with van der Waals surface area (Å²) in [6.07, 6.45) is 0. The molecule has 1 aromatic heterocycles. The second kappa shape index (κ2) is 12.5. The molecule has 0 radical (unpaired) electrons. The first-order valence-electron chi connectivity index (χ1n) is 9.76. The highest BCUT2D eigenvalue weighted by atomic mass is 32.1. The molecule has 0 spiro atoms. The lowest BCUT2D eigenvalue weighted by Crippen LogP contribution is -2.38. The Morgan fingerprint density at radius 1 is 1.21 bits per heavy atom. The lowest BCUT2D eigenvalue weighted by Gasteiger charge is -2.21. The van der Waals surface area contributed by atoms with Gasteiger partial charge in [0.1, 0.15) is 0 Å². The van der Waals surface area contributed by atoms with E-state index in [1.165, 1.54) is 5.56 Å². The summed E-state index contributed by atoms with van der Waals surface area (Å²) in [5, 5.41) is 6.55. The molecule has 1 heterocycles. The number of ether oxygens (including phenoxy) is 2. The maximum absolute atomic E-state index is 5.66. The van der Waals surface area contributed by atoms with E-state index in [1.807, 2.05) is 20.9 Å². The molecule has 1 aromatic carbocycles. The van der Waals surface area contributed by atoms with Gasteiger partial charge in [0.05, 0.1) is 43.6 Å². The first-order chi connectivity index (χ1) is 13.6. The fourth-order valence-corrected chi connectivity index (χ4v) is 3.31. The molecule has 2 aromatic rings. The molecule has 1 N–H and O–H groups in total. The molecule has 2 rings (SSSR count). The molecule has 0 saturated heterocycles. The average molecular weight is 405 g/mol. The molecular weight excluding hydrogens is 372 g/mol. The van der Waals surface area contributed by atoms with Crippen molar-refractivity contribution in [2.45, 2.75) is 40.5 Å². The molecule has 0 amide bonds. The maximum atomic E-state index is 5.66. The zero-order chi connectivity index (χ0) is 20.2. The van der Waals surface area contributed by atoms with E-state index in [1.54, 1.807) is 11.3 Å². The number of nitrogens with one attached hydrogen (secondary N) is 1. The van der Waals surface area contributed by atoms with Gasteiger partial charge in [0.2, 0.25) is 0 Å². The van der Waals surface area contributed by atoms with Crippen LogP contribution in [0.15, 0.2) is 34.6 Å². The second-order valence-corrected chi connectivity index (χ2v) is 7.52. The summed E-state index contributed by atoms with van der Waals surface area (Å²) < 4.78 is 11.0. The summed E-state index contributed by atoms with van der Waals surface area (Å²) in [7, 11) is 2.04. The third-order valence-corrected chi connectivity index (χ3v) is 4.83. The maximum Gasteiger partial charge on any atom is 0.194 e. The number of aryl methyl sites for hydroxylation is 1. The number of aromatic nitrogens is 1. The lowest BCUT2D eigenvalue weighted by molar-refractivity contribution is 0.0453. The van der Waals surface area contributed by atoms with E-state index in [0.29, 0.717) is 26.4 Å². The van der Waals surface area contributed by atoms with Gasteiger partial charge in [-0.3, -0.25) is 0 Å². The second-order valence-electron chi connectivity index (χ2n) is 6.45. The van der Waals surface area contributed by atoms with Crippen LogP contribution >= 0.6 is 11.3 Å². The first kappa shape index (κ1) is 22.3. The van der Waals surface area contributed by atoms with Crippen LogP contribution in [0.4, 0.5) is 0 Å². The number of rotatable bonds is 11. The molecule has 0 aliphatic carbocycles. The Bertz CT molecular complexity index is 733. The van der Waals surface area contributed by atoms with Crippen LogP contribution in [0.1, 0.15) is 35.7 Å². The van der Waals surface area contributed by atoms with Gasteiger partial charge in [-0.25, -0.2) is 9.98 Å². The quantitative estimate of drug-likeness (QED) is 0.352. The van der Waals surface area contributed by atoms with E-state index in [9.17, 15) is 0 Å². The van der Waals surface area contributed by atoms with E-state index >= 15 is 0 Å². The van der Waals surface area contributed by atoms with Crippen LogP contribution < -0.4 is 5.32 Å². The van der Waals surface area contributed by atoms with Crippen molar-refractivity contribution in [3.8, 4) is 0 Å². The zero-order valence-electron chi connectivity index (χ0n) is 17.4. The Morgan fingerprint density at radius 3 is 2.71 bits per heavy atom. The van der Waals surface area contributed by atoms with Crippen molar-refractivity contribution in [2.75, 3.05) is 33.4 Å². The first-order valence-corrected chi connectivity index (χ1v) is 10.6. The summed E-state index contributed by atoms with van der Waals surface area (Å²) in [4.78, 5) is 11.4. The van der Waals surface area contributed by atoms with Crippen LogP contribution in [0.25, 0.3) is 0 Å². The summed E-state index contributed by atoms with van der Waals surface area (Å²) in [5.41, 5.74) is 3.39. The molecule has 0 unspecified atom stereocenters. The molecule has 0 fully saturated rings. The Hall–Kier alpha value is -1.96. The van der Waals surface area contributed by atoms with Crippen LogP contribution in [0.5, 0.6) is 0 Å². The van der Waals surface area contributed by atoms with Crippen molar-refractivity contribution in [2.24, 2.45) is 4.99 Å². The topological polar surface area (TPSA) is 59.0 Å². The number of guanidine groups is 1. The van der Waals surface area contributed by atoms with Gasteiger partial charge in [-0.05, 0) is 31.9 Å². The van der Waals surface area contributed by atoms with Crippen LogP contribution in [-0.2, 0) is 29.2 Å². The van der Waals surface area contributed by atoms with Crippen LogP contribution in [0.3, 0.4) is 0 Å². The summed E-state index contributed by atoms with van der Waals surface area (Å²) in [5.74, 6) is 0.881. The van der Waals surface area contributed by atoms with Crippen molar-refractivity contribution in [3.05, 3.63) is 51.5 Å². The predicted octanol–water partition coefficient (Wildman–Crippen LogP) is 3.60. The highest BCUT2D eigenvalue weighted by Gasteiger charge is 2.08. The van der Waals surface area contributed by atoms with E-state index in [0.717, 1.165) is 41.9 Å². The van der Waals surface area contributed by atoms with Gasteiger partial charge < -0.3 is 19.7 Å². The molecule has 0 aliphatic rings. The standard InChI is InChI=1S/C21H32N4O2S/c1-5-22-21(25(4)14-20-16-28-17(3)24-20)23-13-18-8-7-9-19(12-18)15-27-11-10-26-6-2/h7-9,12,16H,5-6,10-11,13-15H2,1-4H3,(H,22,23). The monoisotopic (exact) mass is 404 g/mol. The van der Waals surface area contributed by atoms with Crippen molar-refractivity contribution >= 4 is 17.3 Å². The van der Waals surface area contributed by atoms with Crippen molar-refractivity contribution in [3.63, 3.8) is 0 Å². The molecule has 28 heavy (non-hydrogen) atoms. The number of thiazole rings is 1. The van der Waals surface area contributed by atoms with Gasteiger partial charge in [0.15, 0.2) is 5.96 Å². The largest absolute Gasteiger partial charge is 0.379 e. The Morgan fingerprint density at radius 2 is 2.00 bits per heavy atom. The average Bonchev–Trinajstić information content (AvgIpc) is 3.10. The fourth-order valence-electron chi connectivity index (χ4n) is 2.70. The molecule has 0 aliphatic heterocycles. The van der Waals surface area contributed by atoms with Crippen LogP contribution in [0, 0.1) is 6.92 Å². The van der Waals surface area contributed by atoms with Gasteiger partial charge in [0, 0.05) is 25.6 Å². The number of hydrogen-bond acceptors (Lipinski definition) is 5. The molecular formula is C21H32N4O2S. The minimum Gasteiger partial charge on any atom is -0.379 e. The number of aliphatic imine (C=N–C) groups is 1. The summed E-state index contributed by atoms with van der Waals surface area (Å²) in [6, 6.07) is 8.38. The van der Waals surface area contributed by atoms with E-state index < -0.39 is 0 Å². The minimum atomic E-state index is 0.591. The van der Waals surface area contributed by atoms with Crippen LogP contribution in [0.2, 0.25) is 0 Å². The third-order valence-electron chi connectivity index (χ3n) is 4.01. The van der Waals surface area contributed by atoms with Crippen molar-refractivity contribution in [1.29, 1.82) is 0 Å². The summed E-state index contributed by atoms with van der Waals surface area (Å²) >= 11 is 1.68. The summed E-state index contributed by atoms with van der Waals surface area (Å²) in [6.45, 7) is 10.8.